The van der Waals surface area contributed by atoms with E-state index in [1.165, 1.54) is 16.7 Å². The van der Waals surface area contributed by atoms with Crippen LogP contribution in [0.2, 0.25) is 0 Å². The monoisotopic (exact) mass is 538 g/mol. The van der Waals surface area contributed by atoms with Crippen LogP contribution in [-0.2, 0) is 17.8 Å². The number of hydrogen-bond acceptors (Lipinski definition) is 4. The highest BCUT2D eigenvalue weighted by molar-refractivity contribution is 14.0. The van der Waals surface area contributed by atoms with Crippen molar-refractivity contribution >= 4 is 29.9 Å². The van der Waals surface area contributed by atoms with Crippen LogP contribution in [0.25, 0.3) is 0 Å². The van der Waals surface area contributed by atoms with E-state index in [0.29, 0.717) is 6.54 Å². The summed E-state index contributed by atoms with van der Waals surface area (Å²) in [5, 5.41) is 6.79. The normalized spacial score (nSPS) is 15.6. The molecule has 1 saturated heterocycles. The number of nitrogens with one attached hydrogen (secondary N) is 2. The van der Waals surface area contributed by atoms with Crippen LogP contribution in [0, 0.1) is 6.92 Å². The average Bonchev–Trinajstić information content (AvgIpc) is 2.75. The van der Waals surface area contributed by atoms with E-state index in [0.717, 1.165) is 51.1 Å². The molecule has 1 aliphatic rings. The van der Waals surface area contributed by atoms with Crippen molar-refractivity contribution in [2.75, 3.05) is 39.9 Å². The lowest BCUT2D eigenvalue weighted by atomic mass is 10.1. The van der Waals surface area contributed by atoms with Gasteiger partial charge in [0.25, 0.3) is 0 Å². The molecule has 1 aliphatic heterocycles. The fraction of sp³-hybridized carbons (Fsp3) is 0.458. The second-order valence-electron chi connectivity index (χ2n) is 7.71. The minimum Gasteiger partial charge on any atom is -0.489 e. The first-order chi connectivity index (χ1) is 14.6. The zero-order valence-corrected chi connectivity index (χ0v) is 21.1. The SMILES string of the molecule is CN=C(NCc1ccccc1CN1CCOCC1)NCC(C)Oc1cccc(C)c1.I. The highest BCUT2D eigenvalue weighted by Gasteiger charge is 2.13. The van der Waals surface area contributed by atoms with E-state index in [9.17, 15) is 0 Å². The lowest BCUT2D eigenvalue weighted by Crippen LogP contribution is -2.41. The van der Waals surface area contributed by atoms with E-state index >= 15 is 0 Å². The zero-order chi connectivity index (χ0) is 21.2. The van der Waals surface area contributed by atoms with Crippen LogP contribution in [0.5, 0.6) is 5.75 Å². The molecule has 1 heterocycles. The molecule has 1 fully saturated rings. The maximum atomic E-state index is 6.00. The Morgan fingerprint density at radius 1 is 1.10 bits per heavy atom. The molecule has 0 bridgehead atoms. The molecule has 2 aromatic carbocycles. The van der Waals surface area contributed by atoms with Crippen molar-refractivity contribution < 1.29 is 9.47 Å². The molecule has 0 saturated carbocycles. The number of guanidine groups is 1. The topological polar surface area (TPSA) is 58.1 Å². The van der Waals surface area contributed by atoms with Gasteiger partial charge in [0.15, 0.2) is 5.96 Å². The van der Waals surface area contributed by atoms with Gasteiger partial charge in [-0.2, -0.15) is 0 Å². The number of benzene rings is 2. The Labute approximate surface area is 203 Å². The van der Waals surface area contributed by atoms with Crippen LogP contribution >= 0.6 is 24.0 Å². The van der Waals surface area contributed by atoms with Gasteiger partial charge >= 0.3 is 0 Å². The predicted molar refractivity (Wildman–Crippen MR) is 137 cm³/mol. The molecule has 0 amide bonds. The average molecular weight is 538 g/mol. The molecule has 3 rings (SSSR count). The summed E-state index contributed by atoms with van der Waals surface area (Å²) >= 11 is 0. The van der Waals surface area contributed by atoms with Crippen LogP contribution in [0.15, 0.2) is 53.5 Å². The number of morpholine rings is 1. The Balaban J connectivity index is 0.00000341. The molecule has 0 spiro atoms. The maximum Gasteiger partial charge on any atom is 0.191 e. The van der Waals surface area contributed by atoms with Gasteiger partial charge in [-0.1, -0.05) is 36.4 Å². The van der Waals surface area contributed by atoms with E-state index in [-0.39, 0.29) is 30.1 Å². The Bertz CT molecular complexity index is 825. The van der Waals surface area contributed by atoms with Crippen molar-refractivity contribution in [1.29, 1.82) is 0 Å². The van der Waals surface area contributed by atoms with Crippen molar-refractivity contribution in [2.45, 2.75) is 33.0 Å². The standard InChI is InChI=1S/C24H34N4O2.HI/c1-19-7-6-10-23(15-19)30-20(2)16-26-24(25-3)27-17-21-8-4-5-9-22(21)18-28-11-13-29-14-12-28;/h4-10,15,20H,11-14,16-18H2,1-3H3,(H2,25,26,27);1H. The summed E-state index contributed by atoms with van der Waals surface area (Å²) in [5.41, 5.74) is 3.83. The second kappa shape index (κ2) is 13.5. The second-order valence-corrected chi connectivity index (χ2v) is 7.71. The van der Waals surface area contributed by atoms with Gasteiger partial charge in [0.2, 0.25) is 0 Å². The Morgan fingerprint density at radius 2 is 1.84 bits per heavy atom. The Kier molecular flexibility index (Phi) is 11.1. The highest BCUT2D eigenvalue weighted by atomic mass is 127. The molecule has 6 nitrogen and oxygen atoms in total. The lowest BCUT2D eigenvalue weighted by molar-refractivity contribution is 0.0341. The summed E-state index contributed by atoms with van der Waals surface area (Å²) in [4.78, 5) is 6.80. The van der Waals surface area contributed by atoms with Gasteiger partial charge in [-0.3, -0.25) is 9.89 Å². The van der Waals surface area contributed by atoms with E-state index in [1.807, 2.05) is 12.1 Å². The third-order valence-corrected chi connectivity index (χ3v) is 5.17. The van der Waals surface area contributed by atoms with Crippen molar-refractivity contribution in [3.63, 3.8) is 0 Å². The summed E-state index contributed by atoms with van der Waals surface area (Å²) < 4.78 is 11.5. The van der Waals surface area contributed by atoms with Crippen LogP contribution in [-0.4, -0.2) is 56.9 Å². The molecule has 7 heteroatoms. The zero-order valence-electron chi connectivity index (χ0n) is 18.8. The first-order valence-corrected chi connectivity index (χ1v) is 10.7. The molecular formula is C24H35IN4O2. The molecule has 31 heavy (non-hydrogen) atoms. The van der Waals surface area contributed by atoms with E-state index in [4.69, 9.17) is 9.47 Å². The minimum absolute atomic E-state index is 0. The molecule has 0 aliphatic carbocycles. The van der Waals surface area contributed by atoms with Crippen LogP contribution in [0.4, 0.5) is 0 Å². The van der Waals surface area contributed by atoms with Gasteiger partial charge in [-0.15, -0.1) is 24.0 Å². The number of hydrogen-bond donors (Lipinski definition) is 2. The predicted octanol–water partition coefficient (Wildman–Crippen LogP) is 3.58. The maximum absolute atomic E-state index is 6.00. The summed E-state index contributed by atoms with van der Waals surface area (Å²) in [6.07, 6.45) is 0.0268. The third-order valence-electron chi connectivity index (χ3n) is 5.17. The van der Waals surface area contributed by atoms with Crippen LogP contribution < -0.4 is 15.4 Å². The van der Waals surface area contributed by atoms with Crippen molar-refractivity contribution in [1.82, 2.24) is 15.5 Å². The summed E-state index contributed by atoms with van der Waals surface area (Å²) in [5.74, 6) is 1.67. The van der Waals surface area contributed by atoms with E-state index in [2.05, 4.69) is 70.8 Å². The van der Waals surface area contributed by atoms with Crippen molar-refractivity contribution in [3.8, 4) is 5.75 Å². The van der Waals surface area contributed by atoms with E-state index in [1.54, 1.807) is 7.05 Å². The van der Waals surface area contributed by atoms with Gasteiger partial charge in [-0.25, -0.2) is 0 Å². The Hall–Kier alpha value is -1.84. The van der Waals surface area contributed by atoms with Crippen LogP contribution in [0.3, 0.4) is 0 Å². The highest BCUT2D eigenvalue weighted by Crippen LogP contribution is 2.14. The molecule has 1 unspecified atom stereocenters. The molecule has 0 radical (unpaired) electrons. The first-order valence-electron chi connectivity index (χ1n) is 10.7. The molecule has 170 valence electrons. The van der Waals surface area contributed by atoms with Gasteiger partial charge in [0, 0.05) is 33.2 Å². The van der Waals surface area contributed by atoms with Crippen molar-refractivity contribution in [3.05, 3.63) is 65.2 Å². The van der Waals surface area contributed by atoms with Gasteiger partial charge < -0.3 is 20.1 Å². The molecular weight excluding hydrogens is 503 g/mol. The van der Waals surface area contributed by atoms with Crippen molar-refractivity contribution in [2.24, 2.45) is 4.99 Å². The van der Waals surface area contributed by atoms with Crippen LogP contribution in [0.1, 0.15) is 23.6 Å². The first kappa shape index (κ1) is 25.4. The third kappa shape index (κ3) is 8.66. The largest absolute Gasteiger partial charge is 0.489 e. The summed E-state index contributed by atoms with van der Waals surface area (Å²) in [7, 11) is 1.79. The lowest BCUT2D eigenvalue weighted by Gasteiger charge is -2.27. The van der Waals surface area contributed by atoms with Gasteiger partial charge in [-0.05, 0) is 42.7 Å². The molecule has 1 atom stereocenters. The van der Waals surface area contributed by atoms with Gasteiger partial charge in [0.1, 0.15) is 11.9 Å². The number of aryl methyl sites for hydroxylation is 1. The van der Waals surface area contributed by atoms with E-state index < -0.39 is 0 Å². The van der Waals surface area contributed by atoms with Gasteiger partial charge in [0.05, 0.1) is 19.8 Å². The smallest absolute Gasteiger partial charge is 0.191 e. The minimum atomic E-state index is 0. The number of halogens is 1. The fourth-order valence-electron chi connectivity index (χ4n) is 3.49. The number of rotatable bonds is 8. The quantitative estimate of drug-likeness (QED) is 0.306. The molecule has 2 N–H and O–H groups in total. The fourth-order valence-corrected chi connectivity index (χ4v) is 3.49. The summed E-state index contributed by atoms with van der Waals surface area (Å²) in [6, 6.07) is 16.7. The molecule has 0 aromatic heterocycles. The summed E-state index contributed by atoms with van der Waals surface area (Å²) in [6.45, 7) is 10.1. The number of ether oxygens (including phenoxy) is 2. The number of aliphatic imine (C=N–C) groups is 1. The number of nitrogens with zero attached hydrogens (tertiary/aromatic N) is 2. The molecule has 2 aromatic rings. The Morgan fingerprint density at radius 3 is 2.55 bits per heavy atom.